The molecule has 0 radical (unpaired) electrons. The minimum absolute atomic E-state index is 0.0626. The molecule has 4 heteroatoms. The molecule has 1 aliphatic rings. The first kappa shape index (κ1) is 14.9. The van der Waals surface area contributed by atoms with E-state index in [2.05, 4.69) is 30.5 Å². The summed E-state index contributed by atoms with van der Waals surface area (Å²) < 4.78 is 5.45. The van der Waals surface area contributed by atoms with Crippen LogP contribution in [0.15, 0.2) is 24.3 Å². The lowest BCUT2D eigenvalue weighted by atomic mass is 9.98. The summed E-state index contributed by atoms with van der Waals surface area (Å²) in [5.74, 6) is 0.592. The van der Waals surface area contributed by atoms with Gasteiger partial charge in [-0.2, -0.15) is 0 Å². The van der Waals surface area contributed by atoms with Gasteiger partial charge in [0.1, 0.15) is 6.04 Å². The third-order valence-electron chi connectivity index (χ3n) is 3.36. The Balaban J connectivity index is 1.72. The van der Waals surface area contributed by atoms with Gasteiger partial charge in [-0.1, -0.05) is 32.0 Å². The van der Waals surface area contributed by atoms with Crippen LogP contribution in [0.4, 0.5) is 5.69 Å². The highest BCUT2D eigenvalue weighted by Gasteiger charge is 2.22. The summed E-state index contributed by atoms with van der Waals surface area (Å²) in [7, 11) is 0. The molecule has 1 aromatic carbocycles. The molecule has 0 fully saturated rings. The Morgan fingerprint density at radius 2 is 2.25 bits per heavy atom. The fourth-order valence-corrected chi connectivity index (χ4v) is 2.32. The Morgan fingerprint density at radius 3 is 3.05 bits per heavy atom. The van der Waals surface area contributed by atoms with Crippen LogP contribution in [0.1, 0.15) is 25.8 Å². The first-order valence-corrected chi connectivity index (χ1v) is 7.36. The molecule has 1 atom stereocenters. The number of nitrogens with one attached hydrogen (secondary N) is 2. The molecule has 1 amide bonds. The molecular formula is C16H24N2O2. The Kier molecular flexibility index (Phi) is 5.41. The number of amides is 1. The highest BCUT2D eigenvalue weighted by atomic mass is 16.5. The van der Waals surface area contributed by atoms with Crippen LogP contribution in [0.25, 0.3) is 0 Å². The molecular weight excluding hydrogens is 252 g/mol. The van der Waals surface area contributed by atoms with Crippen molar-refractivity contribution in [3.05, 3.63) is 29.8 Å². The normalized spacial score (nSPS) is 17.4. The van der Waals surface area contributed by atoms with E-state index in [1.165, 1.54) is 5.56 Å². The van der Waals surface area contributed by atoms with Crippen molar-refractivity contribution in [3.8, 4) is 0 Å². The van der Waals surface area contributed by atoms with Gasteiger partial charge in [0.05, 0.1) is 6.61 Å². The molecule has 0 saturated carbocycles. The number of aryl methyl sites for hydroxylation is 1. The number of carbonyl (C=O) groups excluding carboxylic acids is 1. The first-order chi connectivity index (χ1) is 9.66. The second-order valence-electron chi connectivity index (χ2n) is 5.65. The van der Waals surface area contributed by atoms with E-state index in [0.29, 0.717) is 19.1 Å². The molecule has 110 valence electrons. The van der Waals surface area contributed by atoms with Gasteiger partial charge in [-0.3, -0.25) is 4.79 Å². The number of rotatable bonds is 6. The number of benzene rings is 1. The third-order valence-corrected chi connectivity index (χ3v) is 3.36. The summed E-state index contributed by atoms with van der Waals surface area (Å²) in [6.07, 6.45) is 1.79. The van der Waals surface area contributed by atoms with Crippen LogP contribution in [0.5, 0.6) is 0 Å². The van der Waals surface area contributed by atoms with E-state index < -0.39 is 0 Å². The standard InChI is InChI=1S/C16H24N2O2/c1-12(2)11-20-10-9-17-16(19)15-8-7-13-5-3-4-6-14(13)18-15/h3-6,12,15,18H,7-11H2,1-2H3,(H,17,19). The molecule has 2 rings (SSSR count). The Morgan fingerprint density at radius 1 is 1.45 bits per heavy atom. The third kappa shape index (κ3) is 4.23. The van der Waals surface area contributed by atoms with Crippen molar-refractivity contribution in [2.24, 2.45) is 5.92 Å². The van der Waals surface area contributed by atoms with Gasteiger partial charge < -0.3 is 15.4 Å². The molecule has 20 heavy (non-hydrogen) atoms. The molecule has 1 aliphatic heterocycles. The van der Waals surface area contributed by atoms with Crippen LogP contribution in [0.2, 0.25) is 0 Å². The SMILES string of the molecule is CC(C)COCCNC(=O)C1CCc2ccccc2N1. The molecule has 4 nitrogen and oxygen atoms in total. The first-order valence-electron chi connectivity index (χ1n) is 7.36. The number of hydrogen-bond donors (Lipinski definition) is 2. The van der Waals surface area contributed by atoms with Gasteiger partial charge >= 0.3 is 0 Å². The second kappa shape index (κ2) is 7.29. The predicted molar refractivity (Wildman–Crippen MR) is 80.8 cm³/mol. The van der Waals surface area contributed by atoms with Gasteiger partial charge in [-0.15, -0.1) is 0 Å². The summed E-state index contributed by atoms with van der Waals surface area (Å²) in [5.41, 5.74) is 2.37. The van der Waals surface area contributed by atoms with Crippen molar-refractivity contribution < 1.29 is 9.53 Å². The minimum Gasteiger partial charge on any atom is -0.379 e. The van der Waals surface area contributed by atoms with Gasteiger partial charge in [0, 0.05) is 18.8 Å². The number of anilines is 1. The summed E-state index contributed by atoms with van der Waals surface area (Å²) in [6.45, 7) is 6.12. The minimum atomic E-state index is -0.130. The van der Waals surface area contributed by atoms with Crippen molar-refractivity contribution in [2.75, 3.05) is 25.1 Å². The zero-order valence-electron chi connectivity index (χ0n) is 12.3. The fourth-order valence-electron chi connectivity index (χ4n) is 2.32. The fraction of sp³-hybridized carbons (Fsp3) is 0.562. The average Bonchev–Trinajstić information content (AvgIpc) is 2.46. The molecule has 1 heterocycles. The lowest BCUT2D eigenvalue weighted by Crippen LogP contribution is -2.42. The van der Waals surface area contributed by atoms with Gasteiger partial charge in [0.15, 0.2) is 0 Å². The van der Waals surface area contributed by atoms with Crippen LogP contribution in [0, 0.1) is 5.92 Å². The van der Waals surface area contributed by atoms with E-state index in [0.717, 1.165) is 25.1 Å². The van der Waals surface area contributed by atoms with Crippen molar-refractivity contribution in [1.29, 1.82) is 0 Å². The molecule has 0 bridgehead atoms. The molecule has 0 saturated heterocycles. The molecule has 0 aliphatic carbocycles. The summed E-state index contributed by atoms with van der Waals surface area (Å²) >= 11 is 0. The van der Waals surface area contributed by atoms with E-state index in [1.807, 2.05) is 18.2 Å². The highest BCUT2D eigenvalue weighted by Crippen LogP contribution is 2.24. The smallest absolute Gasteiger partial charge is 0.242 e. The second-order valence-corrected chi connectivity index (χ2v) is 5.65. The van der Waals surface area contributed by atoms with Crippen LogP contribution >= 0.6 is 0 Å². The lowest BCUT2D eigenvalue weighted by Gasteiger charge is -2.26. The monoisotopic (exact) mass is 276 g/mol. The molecule has 0 aromatic heterocycles. The van der Waals surface area contributed by atoms with Gasteiger partial charge in [-0.05, 0) is 30.4 Å². The number of ether oxygens (including phenoxy) is 1. The Hall–Kier alpha value is -1.55. The Bertz CT molecular complexity index is 446. The molecule has 1 unspecified atom stereocenters. The average molecular weight is 276 g/mol. The largest absolute Gasteiger partial charge is 0.379 e. The molecule has 2 N–H and O–H groups in total. The Labute approximate surface area is 120 Å². The lowest BCUT2D eigenvalue weighted by molar-refractivity contribution is -0.122. The predicted octanol–water partition coefficient (Wildman–Crippen LogP) is 2.20. The highest BCUT2D eigenvalue weighted by molar-refractivity contribution is 5.85. The van der Waals surface area contributed by atoms with E-state index in [-0.39, 0.29) is 11.9 Å². The molecule has 0 spiro atoms. The van der Waals surface area contributed by atoms with Crippen molar-refractivity contribution >= 4 is 11.6 Å². The van der Waals surface area contributed by atoms with Crippen molar-refractivity contribution in [3.63, 3.8) is 0 Å². The van der Waals surface area contributed by atoms with Gasteiger partial charge in [-0.25, -0.2) is 0 Å². The van der Waals surface area contributed by atoms with E-state index in [9.17, 15) is 4.79 Å². The maximum Gasteiger partial charge on any atom is 0.242 e. The maximum absolute atomic E-state index is 12.1. The molecule has 1 aromatic rings. The van der Waals surface area contributed by atoms with Crippen LogP contribution in [-0.2, 0) is 16.0 Å². The van der Waals surface area contributed by atoms with Crippen molar-refractivity contribution in [2.45, 2.75) is 32.7 Å². The number of hydrogen-bond acceptors (Lipinski definition) is 3. The maximum atomic E-state index is 12.1. The van der Waals surface area contributed by atoms with Gasteiger partial charge in [0.25, 0.3) is 0 Å². The quantitative estimate of drug-likeness (QED) is 0.783. The van der Waals surface area contributed by atoms with Crippen LogP contribution in [-0.4, -0.2) is 31.7 Å². The van der Waals surface area contributed by atoms with E-state index >= 15 is 0 Å². The summed E-state index contributed by atoms with van der Waals surface area (Å²) in [4.78, 5) is 12.1. The number of carbonyl (C=O) groups is 1. The zero-order chi connectivity index (χ0) is 14.4. The summed E-state index contributed by atoms with van der Waals surface area (Å²) in [6, 6.07) is 8.03. The number of fused-ring (bicyclic) bond motifs is 1. The van der Waals surface area contributed by atoms with Crippen LogP contribution in [0.3, 0.4) is 0 Å². The van der Waals surface area contributed by atoms with E-state index in [4.69, 9.17) is 4.74 Å². The number of para-hydroxylation sites is 1. The zero-order valence-corrected chi connectivity index (χ0v) is 12.3. The topological polar surface area (TPSA) is 50.4 Å². The van der Waals surface area contributed by atoms with E-state index in [1.54, 1.807) is 0 Å². The summed E-state index contributed by atoms with van der Waals surface area (Å²) in [5, 5.41) is 6.23. The van der Waals surface area contributed by atoms with Crippen molar-refractivity contribution in [1.82, 2.24) is 5.32 Å². The van der Waals surface area contributed by atoms with Crippen LogP contribution < -0.4 is 10.6 Å². The van der Waals surface area contributed by atoms with Gasteiger partial charge in [0.2, 0.25) is 5.91 Å².